The Balaban J connectivity index is 1.40. The van der Waals surface area contributed by atoms with Gasteiger partial charge in [0.2, 0.25) is 0 Å². The Morgan fingerprint density at radius 3 is 2.33 bits per heavy atom. The van der Waals surface area contributed by atoms with Gasteiger partial charge in [-0.05, 0) is 50.0 Å². The summed E-state index contributed by atoms with van der Waals surface area (Å²) in [7, 11) is 0. The summed E-state index contributed by atoms with van der Waals surface area (Å²) in [5.74, 6) is -0.0279. The molecule has 3 rings (SSSR count). The van der Waals surface area contributed by atoms with Crippen molar-refractivity contribution < 1.29 is 14.7 Å². The number of nitrogens with one attached hydrogen (secondary N) is 2. The third-order valence-corrected chi connectivity index (χ3v) is 5.61. The van der Waals surface area contributed by atoms with Crippen LogP contribution < -0.4 is 10.6 Å². The number of amides is 3. The molecule has 0 aromatic carbocycles. The second-order valence-electron chi connectivity index (χ2n) is 6.70. The van der Waals surface area contributed by atoms with E-state index in [1.54, 1.807) is 0 Å². The van der Waals surface area contributed by atoms with E-state index in [2.05, 4.69) is 10.6 Å². The van der Waals surface area contributed by atoms with Crippen molar-refractivity contribution in [2.24, 2.45) is 0 Å². The summed E-state index contributed by atoms with van der Waals surface area (Å²) >= 11 is 1.51. The van der Waals surface area contributed by atoms with Crippen LogP contribution in [0.2, 0.25) is 0 Å². The summed E-state index contributed by atoms with van der Waals surface area (Å²) in [5, 5.41) is 19.4. The maximum Gasteiger partial charge on any atom is 0.317 e. The molecular formula is C17H25N3O3S. The van der Waals surface area contributed by atoms with Crippen molar-refractivity contribution in [2.75, 3.05) is 13.1 Å². The highest BCUT2D eigenvalue weighted by Gasteiger charge is 2.27. The Hall–Kier alpha value is -1.60. The summed E-state index contributed by atoms with van der Waals surface area (Å²) in [6, 6.07) is 2.12. The third kappa shape index (κ3) is 4.48. The number of hydrogen-bond donors (Lipinski definition) is 3. The molecule has 3 N–H and O–H groups in total. The molecule has 1 aromatic rings. The molecular weight excluding hydrogens is 326 g/mol. The van der Waals surface area contributed by atoms with E-state index in [0.29, 0.717) is 18.7 Å². The fraction of sp³-hybridized carbons (Fsp3) is 0.647. The Labute approximate surface area is 146 Å². The van der Waals surface area contributed by atoms with E-state index in [4.69, 9.17) is 0 Å². The minimum atomic E-state index is -0.208. The summed E-state index contributed by atoms with van der Waals surface area (Å²) in [4.78, 5) is 26.2. The van der Waals surface area contributed by atoms with Crippen molar-refractivity contribution in [3.8, 4) is 0 Å². The predicted molar refractivity (Wildman–Crippen MR) is 93.2 cm³/mol. The topological polar surface area (TPSA) is 81.7 Å². The fourth-order valence-electron chi connectivity index (χ4n) is 3.38. The van der Waals surface area contributed by atoms with Crippen LogP contribution in [0.25, 0.3) is 0 Å². The molecule has 0 atom stereocenters. The molecule has 132 valence electrons. The first kappa shape index (κ1) is 17.2. The van der Waals surface area contributed by atoms with Gasteiger partial charge >= 0.3 is 6.03 Å². The lowest BCUT2D eigenvalue weighted by Gasteiger charge is -2.34. The molecule has 1 aromatic heterocycles. The zero-order valence-corrected chi connectivity index (χ0v) is 14.6. The van der Waals surface area contributed by atoms with E-state index < -0.39 is 0 Å². The average Bonchev–Trinajstić information content (AvgIpc) is 3.12. The second kappa shape index (κ2) is 7.98. The summed E-state index contributed by atoms with van der Waals surface area (Å²) in [5.41, 5.74) is 0.708. The lowest BCUT2D eigenvalue weighted by Crippen LogP contribution is -2.51. The van der Waals surface area contributed by atoms with Crippen molar-refractivity contribution in [2.45, 2.75) is 56.7 Å². The monoisotopic (exact) mass is 351 g/mol. The van der Waals surface area contributed by atoms with Gasteiger partial charge < -0.3 is 20.6 Å². The van der Waals surface area contributed by atoms with E-state index in [1.165, 1.54) is 11.3 Å². The van der Waals surface area contributed by atoms with Crippen LogP contribution in [-0.2, 0) is 0 Å². The molecule has 0 spiro atoms. The molecule has 2 aliphatic rings. The second-order valence-corrected chi connectivity index (χ2v) is 7.48. The first-order chi connectivity index (χ1) is 11.6. The Morgan fingerprint density at radius 1 is 1.04 bits per heavy atom. The lowest BCUT2D eigenvalue weighted by molar-refractivity contribution is 0.0915. The van der Waals surface area contributed by atoms with E-state index in [-0.39, 0.29) is 30.1 Å². The Morgan fingerprint density at radius 2 is 1.71 bits per heavy atom. The third-order valence-electron chi connectivity index (χ3n) is 4.93. The van der Waals surface area contributed by atoms with E-state index in [9.17, 15) is 14.7 Å². The van der Waals surface area contributed by atoms with E-state index >= 15 is 0 Å². The number of urea groups is 1. The van der Waals surface area contributed by atoms with Gasteiger partial charge in [-0.2, -0.15) is 11.3 Å². The number of aliphatic hydroxyl groups excluding tert-OH is 1. The van der Waals surface area contributed by atoms with Crippen molar-refractivity contribution in [3.63, 3.8) is 0 Å². The first-order valence-corrected chi connectivity index (χ1v) is 9.62. The van der Waals surface area contributed by atoms with Crippen molar-refractivity contribution in [3.05, 3.63) is 22.4 Å². The van der Waals surface area contributed by atoms with Crippen LogP contribution in [0.4, 0.5) is 4.79 Å². The van der Waals surface area contributed by atoms with Crippen LogP contribution in [0.3, 0.4) is 0 Å². The number of carbonyl (C=O) groups excluding carboxylic acids is 2. The maximum absolute atomic E-state index is 12.3. The van der Waals surface area contributed by atoms with Crippen LogP contribution in [-0.4, -0.2) is 53.2 Å². The number of nitrogens with zero attached hydrogens (tertiary/aromatic N) is 1. The largest absolute Gasteiger partial charge is 0.393 e. The highest BCUT2D eigenvalue weighted by Crippen LogP contribution is 2.19. The molecule has 0 radical (unpaired) electrons. The Kier molecular flexibility index (Phi) is 5.73. The standard InChI is InChI=1S/C17H25N3O3S/c21-15-3-1-13(2-4-15)19-17(23)20-8-5-14(6-9-20)18-16(22)12-7-10-24-11-12/h7,10-11,13-15,21H,1-6,8-9H2,(H,18,22)(H,19,23). The van der Waals surface area contributed by atoms with Gasteiger partial charge in [-0.1, -0.05) is 0 Å². The molecule has 1 aliphatic heterocycles. The van der Waals surface area contributed by atoms with Gasteiger partial charge in [0.1, 0.15) is 0 Å². The van der Waals surface area contributed by atoms with Crippen molar-refractivity contribution in [1.82, 2.24) is 15.5 Å². The lowest BCUT2D eigenvalue weighted by atomic mass is 9.93. The normalized spacial score (nSPS) is 25.3. The minimum Gasteiger partial charge on any atom is -0.393 e. The molecule has 1 aliphatic carbocycles. The summed E-state index contributed by atoms with van der Waals surface area (Å²) in [6.07, 6.45) is 4.59. The number of aliphatic hydroxyl groups is 1. The molecule has 3 amide bonds. The van der Waals surface area contributed by atoms with Crippen LogP contribution in [0.5, 0.6) is 0 Å². The number of piperidine rings is 1. The quantitative estimate of drug-likeness (QED) is 0.778. The van der Waals surface area contributed by atoms with Gasteiger partial charge in [-0.25, -0.2) is 4.79 Å². The summed E-state index contributed by atoms with van der Waals surface area (Å²) in [6.45, 7) is 1.32. The molecule has 2 heterocycles. The minimum absolute atomic E-state index is 0.0148. The van der Waals surface area contributed by atoms with Crippen LogP contribution >= 0.6 is 11.3 Å². The molecule has 7 heteroatoms. The molecule has 1 saturated carbocycles. The first-order valence-electron chi connectivity index (χ1n) is 8.68. The number of carbonyl (C=O) groups is 2. The maximum atomic E-state index is 12.3. The average molecular weight is 351 g/mol. The molecule has 6 nitrogen and oxygen atoms in total. The predicted octanol–water partition coefficient (Wildman–Crippen LogP) is 1.96. The van der Waals surface area contributed by atoms with Gasteiger partial charge in [-0.3, -0.25) is 4.79 Å². The van der Waals surface area contributed by atoms with Crippen LogP contribution in [0.1, 0.15) is 48.9 Å². The van der Waals surface area contributed by atoms with Gasteiger partial charge in [-0.15, -0.1) is 0 Å². The highest BCUT2D eigenvalue weighted by atomic mass is 32.1. The summed E-state index contributed by atoms with van der Waals surface area (Å²) < 4.78 is 0. The SMILES string of the molecule is O=C(NC1CCN(C(=O)NC2CCC(O)CC2)CC1)c1ccsc1. The van der Waals surface area contributed by atoms with Gasteiger partial charge in [0, 0.05) is 36.1 Å². The van der Waals surface area contributed by atoms with Gasteiger partial charge in [0.15, 0.2) is 0 Å². The van der Waals surface area contributed by atoms with Crippen LogP contribution in [0, 0.1) is 0 Å². The van der Waals surface area contributed by atoms with Gasteiger partial charge in [0.05, 0.1) is 6.10 Å². The number of likely N-dealkylation sites (tertiary alicyclic amines) is 1. The molecule has 2 fully saturated rings. The molecule has 0 unspecified atom stereocenters. The number of thiophene rings is 1. The zero-order valence-electron chi connectivity index (χ0n) is 13.7. The highest BCUT2D eigenvalue weighted by molar-refractivity contribution is 7.08. The zero-order chi connectivity index (χ0) is 16.9. The number of rotatable bonds is 3. The molecule has 24 heavy (non-hydrogen) atoms. The number of hydrogen-bond acceptors (Lipinski definition) is 4. The van der Waals surface area contributed by atoms with Gasteiger partial charge in [0.25, 0.3) is 5.91 Å². The van der Waals surface area contributed by atoms with Crippen molar-refractivity contribution >= 4 is 23.3 Å². The van der Waals surface area contributed by atoms with E-state index in [1.807, 2.05) is 21.7 Å². The smallest absolute Gasteiger partial charge is 0.317 e. The van der Waals surface area contributed by atoms with Crippen LogP contribution in [0.15, 0.2) is 16.8 Å². The van der Waals surface area contributed by atoms with Crippen molar-refractivity contribution in [1.29, 1.82) is 0 Å². The molecule has 0 bridgehead atoms. The molecule has 1 saturated heterocycles. The Bertz CT molecular complexity index is 547. The van der Waals surface area contributed by atoms with E-state index in [0.717, 1.165) is 38.5 Å². The fourth-order valence-corrected chi connectivity index (χ4v) is 4.01.